The number of aromatic nitrogens is 6. The van der Waals surface area contributed by atoms with Gasteiger partial charge in [0.05, 0.1) is 12.2 Å². The number of tetrazole rings is 1. The molecule has 1 aliphatic heterocycles. The average Bonchev–Trinajstić information content (AvgIpc) is 3.23. The van der Waals surface area contributed by atoms with Crippen molar-refractivity contribution in [3.8, 4) is 11.7 Å². The number of carbonyl (C=O) groups excluding carboxylic acids is 1. The molecule has 3 aromatic rings. The van der Waals surface area contributed by atoms with Gasteiger partial charge in [-0.3, -0.25) is 4.79 Å². The Labute approximate surface area is 149 Å². The summed E-state index contributed by atoms with van der Waals surface area (Å²) in [7, 11) is 0. The van der Waals surface area contributed by atoms with Crippen molar-refractivity contribution in [2.24, 2.45) is 0 Å². The lowest BCUT2D eigenvalue weighted by molar-refractivity contribution is 0.0516. The number of ether oxygens (including phenoxy) is 1. The van der Waals surface area contributed by atoms with Crippen LogP contribution in [0.1, 0.15) is 23.2 Å². The molecule has 26 heavy (non-hydrogen) atoms. The molecule has 1 atom stereocenters. The summed E-state index contributed by atoms with van der Waals surface area (Å²) in [6.45, 7) is 1.20. The van der Waals surface area contributed by atoms with Crippen LogP contribution in [0.5, 0.6) is 6.01 Å². The molecule has 1 amide bonds. The molecule has 0 N–H and O–H groups in total. The number of nitrogens with zero attached hydrogens (tertiary/aromatic N) is 7. The van der Waals surface area contributed by atoms with Gasteiger partial charge in [-0.15, -0.1) is 5.10 Å². The Morgan fingerprint density at radius 1 is 1.19 bits per heavy atom. The third-order valence-corrected chi connectivity index (χ3v) is 4.19. The van der Waals surface area contributed by atoms with Crippen molar-refractivity contribution >= 4 is 5.91 Å². The van der Waals surface area contributed by atoms with Crippen LogP contribution >= 0.6 is 0 Å². The first-order valence-corrected chi connectivity index (χ1v) is 8.36. The minimum absolute atomic E-state index is 0.0396. The second-order valence-electron chi connectivity index (χ2n) is 5.97. The van der Waals surface area contributed by atoms with Crippen LogP contribution in [-0.4, -0.2) is 60.2 Å². The summed E-state index contributed by atoms with van der Waals surface area (Å²) < 4.78 is 7.33. The molecule has 1 saturated heterocycles. The lowest BCUT2D eigenvalue weighted by Gasteiger charge is -2.32. The fourth-order valence-electron chi connectivity index (χ4n) is 2.96. The van der Waals surface area contributed by atoms with Gasteiger partial charge in [-0.25, -0.2) is 14.6 Å². The molecule has 4 rings (SSSR count). The monoisotopic (exact) mass is 351 g/mol. The van der Waals surface area contributed by atoms with Gasteiger partial charge in [0.2, 0.25) is 0 Å². The van der Waals surface area contributed by atoms with E-state index in [4.69, 9.17) is 4.74 Å². The summed E-state index contributed by atoms with van der Waals surface area (Å²) >= 11 is 0. The van der Waals surface area contributed by atoms with E-state index in [0.29, 0.717) is 24.7 Å². The topological polar surface area (TPSA) is 98.9 Å². The number of carbonyl (C=O) groups is 1. The molecule has 1 aromatic carbocycles. The third kappa shape index (κ3) is 3.51. The summed E-state index contributed by atoms with van der Waals surface area (Å²) in [5, 5.41) is 11.1. The van der Waals surface area contributed by atoms with Crippen LogP contribution in [0.3, 0.4) is 0 Å². The van der Waals surface area contributed by atoms with E-state index in [-0.39, 0.29) is 12.0 Å². The molecule has 9 nitrogen and oxygen atoms in total. The van der Waals surface area contributed by atoms with Gasteiger partial charge in [0.25, 0.3) is 5.91 Å². The van der Waals surface area contributed by atoms with E-state index >= 15 is 0 Å². The Hall–Kier alpha value is -3.36. The molecule has 0 saturated carbocycles. The molecular weight excluding hydrogens is 334 g/mol. The van der Waals surface area contributed by atoms with Crippen molar-refractivity contribution in [2.45, 2.75) is 18.9 Å². The predicted octanol–water partition coefficient (Wildman–Crippen LogP) is 1.14. The first kappa shape index (κ1) is 16.1. The zero-order valence-electron chi connectivity index (χ0n) is 14.0. The maximum Gasteiger partial charge on any atom is 0.316 e. The van der Waals surface area contributed by atoms with Gasteiger partial charge < -0.3 is 9.64 Å². The van der Waals surface area contributed by atoms with Gasteiger partial charge in [-0.1, -0.05) is 6.07 Å². The molecule has 0 radical (unpaired) electrons. The highest BCUT2D eigenvalue weighted by atomic mass is 16.5. The van der Waals surface area contributed by atoms with E-state index in [0.717, 1.165) is 18.5 Å². The van der Waals surface area contributed by atoms with Gasteiger partial charge in [-0.05, 0) is 47.5 Å². The van der Waals surface area contributed by atoms with Gasteiger partial charge >= 0.3 is 6.01 Å². The number of hydrogen-bond donors (Lipinski definition) is 0. The molecule has 0 spiro atoms. The van der Waals surface area contributed by atoms with E-state index in [1.54, 1.807) is 35.5 Å². The highest BCUT2D eigenvalue weighted by Crippen LogP contribution is 2.18. The van der Waals surface area contributed by atoms with Crippen LogP contribution in [0.4, 0.5) is 0 Å². The molecule has 0 bridgehead atoms. The highest BCUT2D eigenvalue weighted by Gasteiger charge is 2.26. The summed E-state index contributed by atoms with van der Waals surface area (Å²) in [5.41, 5.74) is 1.33. The number of piperidine rings is 1. The van der Waals surface area contributed by atoms with Crippen LogP contribution in [0.25, 0.3) is 5.69 Å². The Morgan fingerprint density at radius 3 is 2.88 bits per heavy atom. The Kier molecular flexibility index (Phi) is 4.50. The smallest absolute Gasteiger partial charge is 0.316 e. The maximum absolute atomic E-state index is 12.9. The number of benzene rings is 1. The van der Waals surface area contributed by atoms with Crippen molar-refractivity contribution in [1.29, 1.82) is 0 Å². The van der Waals surface area contributed by atoms with Gasteiger partial charge in [0.15, 0.2) is 0 Å². The summed E-state index contributed by atoms with van der Waals surface area (Å²) in [6, 6.07) is 9.32. The normalized spacial score (nSPS) is 17.1. The maximum atomic E-state index is 12.9. The zero-order valence-corrected chi connectivity index (χ0v) is 14.0. The predicted molar refractivity (Wildman–Crippen MR) is 90.7 cm³/mol. The fraction of sp³-hybridized carbons (Fsp3) is 0.294. The number of amides is 1. The molecule has 9 heteroatoms. The lowest BCUT2D eigenvalue weighted by atomic mass is 10.1. The molecular formula is C17H17N7O2. The van der Waals surface area contributed by atoms with Crippen molar-refractivity contribution in [2.75, 3.05) is 13.1 Å². The van der Waals surface area contributed by atoms with Gasteiger partial charge in [-0.2, -0.15) is 0 Å². The summed E-state index contributed by atoms with van der Waals surface area (Å²) in [5.74, 6) is -0.0396. The molecule has 1 fully saturated rings. The van der Waals surface area contributed by atoms with Crippen molar-refractivity contribution < 1.29 is 9.53 Å². The van der Waals surface area contributed by atoms with Gasteiger partial charge in [0.1, 0.15) is 12.4 Å². The van der Waals surface area contributed by atoms with Gasteiger partial charge in [0, 0.05) is 24.5 Å². The Bertz CT molecular complexity index is 870. The molecule has 132 valence electrons. The zero-order chi connectivity index (χ0) is 17.8. The number of likely N-dealkylation sites (tertiary alicyclic amines) is 1. The minimum atomic E-state index is -0.113. The second kappa shape index (κ2) is 7.26. The van der Waals surface area contributed by atoms with E-state index in [1.165, 1.54) is 11.0 Å². The van der Waals surface area contributed by atoms with Crippen LogP contribution < -0.4 is 4.74 Å². The molecule has 1 aliphatic rings. The highest BCUT2D eigenvalue weighted by molar-refractivity contribution is 5.94. The first-order valence-electron chi connectivity index (χ1n) is 8.36. The molecule has 1 unspecified atom stereocenters. The molecule has 3 heterocycles. The lowest BCUT2D eigenvalue weighted by Crippen LogP contribution is -2.44. The van der Waals surface area contributed by atoms with E-state index in [1.807, 2.05) is 12.1 Å². The Balaban J connectivity index is 1.47. The van der Waals surface area contributed by atoms with Crippen molar-refractivity contribution in [3.05, 3.63) is 54.6 Å². The Morgan fingerprint density at radius 2 is 2.08 bits per heavy atom. The largest absolute Gasteiger partial charge is 0.458 e. The van der Waals surface area contributed by atoms with Crippen LogP contribution in [0.2, 0.25) is 0 Å². The van der Waals surface area contributed by atoms with E-state index in [9.17, 15) is 4.79 Å². The fourth-order valence-corrected chi connectivity index (χ4v) is 2.96. The molecule has 2 aromatic heterocycles. The van der Waals surface area contributed by atoms with Crippen molar-refractivity contribution in [1.82, 2.24) is 35.1 Å². The average molecular weight is 351 g/mol. The van der Waals surface area contributed by atoms with E-state index < -0.39 is 0 Å². The van der Waals surface area contributed by atoms with Crippen molar-refractivity contribution in [3.63, 3.8) is 0 Å². The third-order valence-electron chi connectivity index (χ3n) is 4.19. The molecule has 0 aliphatic carbocycles. The van der Waals surface area contributed by atoms with Crippen LogP contribution in [-0.2, 0) is 0 Å². The van der Waals surface area contributed by atoms with Crippen LogP contribution in [0, 0.1) is 0 Å². The first-order chi connectivity index (χ1) is 12.8. The second-order valence-corrected chi connectivity index (χ2v) is 5.97. The summed E-state index contributed by atoms with van der Waals surface area (Å²) in [4.78, 5) is 22.9. The van der Waals surface area contributed by atoms with Crippen LogP contribution in [0.15, 0.2) is 49.1 Å². The minimum Gasteiger partial charge on any atom is -0.458 e. The number of hydrogen-bond acceptors (Lipinski definition) is 7. The summed E-state index contributed by atoms with van der Waals surface area (Å²) in [6.07, 6.45) is 6.39. The van der Waals surface area contributed by atoms with E-state index in [2.05, 4.69) is 25.5 Å². The SMILES string of the molecule is O=C(c1cccc(-n2cnnn2)c1)N1CCCC(Oc2ncccn2)C1. The number of rotatable bonds is 4. The quantitative estimate of drug-likeness (QED) is 0.695. The standard InChI is InChI=1S/C17H17N7O2/c25-16(13-4-1-5-14(10-13)24-12-20-21-22-24)23-9-2-6-15(11-23)26-17-18-7-3-8-19-17/h1,3-5,7-8,10,12,15H,2,6,9,11H2.